The fraction of sp³-hybridized carbons (Fsp3) is 0.106. The number of fused-ring (bicyclic) bond motifs is 4. The zero-order valence-electron chi connectivity index (χ0n) is 40.6. The summed E-state index contributed by atoms with van der Waals surface area (Å²) in [4.78, 5) is 12.5. The van der Waals surface area contributed by atoms with Crippen molar-refractivity contribution in [2.24, 2.45) is 0 Å². The summed E-state index contributed by atoms with van der Waals surface area (Å²) < 4.78 is 2.37. The lowest BCUT2D eigenvalue weighted by atomic mass is 9.85. The summed E-state index contributed by atoms with van der Waals surface area (Å²) in [7, 11) is 0. The molecule has 12 rings (SSSR count). The summed E-state index contributed by atoms with van der Waals surface area (Å²) in [5.41, 5.74) is 19.8. The molecule has 0 radical (unpaired) electrons. The van der Waals surface area contributed by atoms with Crippen molar-refractivity contribution in [2.75, 3.05) is 21.4 Å². The predicted molar refractivity (Wildman–Crippen MR) is 300 cm³/mol. The van der Waals surface area contributed by atoms with Crippen LogP contribution in [0.3, 0.4) is 0 Å². The van der Waals surface area contributed by atoms with Gasteiger partial charge < -0.3 is 14.7 Å². The highest BCUT2D eigenvalue weighted by molar-refractivity contribution is 6.11. The zero-order valence-corrected chi connectivity index (χ0v) is 40.6. The molecule has 0 fully saturated rings. The van der Waals surface area contributed by atoms with E-state index in [0.717, 1.165) is 67.5 Å². The Hall–Kier alpha value is -8.67. The Morgan fingerprint density at radius 3 is 1.62 bits per heavy atom. The lowest BCUT2D eigenvalue weighted by molar-refractivity contribution is 0.838. The molecule has 0 spiro atoms. The first kappa shape index (κ1) is 43.6. The van der Waals surface area contributed by atoms with Crippen molar-refractivity contribution >= 4 is 61.6 Å². The Bertz CT molecular complexity index is 3620. The number of hydrogen-bond acceptors (Lipinski definition) is 4. The molecule has 3 heterocycles. The molecule has 0 bridgehead atoms. The average Bonchev–Trinajstić information content (AvgIpc) is 3.98. The normalized spacial score (nSPS) is 12.4. The van der Waals surface area contributed by atoms with Gasteiger partial charge in [0.05, 0.1) is 28.1 Å². The highest BCUT2D eigenvalue weighted by Gasteiger charge is 2.30. The van der Waals surface area contributed by atoms with Crippen LogP contribution in [-0.2, 0) is 0 Å². The van der Waals surface area contributed by atoms with Crippen molar-refractivity contribution in [2.45, 2.75) is 39.5 Å². The van der Waals surface area contributed by atoms with E-state index in [0.29, 0.717) is 18.5 Å². The molecule has 0 atom stereocenters. The third-order valence-corrected chi connectivity index (χ3v) is 14.2. The molecule has 0 saturated carbocycles. The maximum Gasteiger partial charge on any atom is 0.138 e. The monoisotopic (exact) mass is 917 g/mol. The van der Waals surface area contributed by atoms with E-state index in [1.165, 1.54) is 44.4 Å². The Kier molecular flexibility index (Phi) is 11.3. The van der Waals surface area contributed by atoms with E-state index >= 15 is 0 Å². The van der Waals surface area contributed by atoms with Crippen molar-refractivity contribution in [3.8, 4) is 39.2 Å². The van der Waals surface area contributed by atoms with Crippen LogP contribution in [0.2, 0.25) is 0 Å². The Morgan fingerprint density at radius 1 is 0.423 bits per heavy atom. The molecule has 71 heavy (non-hydrogen) atoms. The topological polar surface area (TPSA) is 27.5 Å². The number of para-hydroxylation sites is 5. The first-order chi connectivity index (χ1) is 34.9. The largest absolute Gasteiger partial charge is 0.321 e. The SMILES string of the molecule is CC(C)c1cccc(C(C)C)c1-c1ccnc(-n2c3ccccc3c3ccc(N(c4cccc(N5CN(c6ccccc6)c6ccccc65)c4)c4c(-c5ccccc5)cccc4-c4ccccc4)cc32)c1. The quantitative estimate of drug-likeness (QED) is 0.129. The maximum absolute atomic E-state index is 5.20. The molecular weight excluding hydrogens is 863 g/mol. The summed E-state index contributed by atoms with van der Waals surface area (Å²) in [6.07, 6.45) is 1.99. The van der Waals surface area contributed by atoms with Gasteiger partial charge in [-0.05, 0) is 118 Å². The van der Waals surface area contributed by atoms with Gasteiger partial charge in [-0.3, -0.25) is 4.57 Å². The fourth-order valence-corrected chi connectivity index (χ4v) is 10.9. The van der Waals surface area contributed by atoms with Crippen LogP contribution < -0.4 is 14.7 Å². The molecule has 5 heteroatoms. The van der Waals surface area contributed by atoms with E-state index in [1.807, 2.05) is 6.20 Å². The zero-order chi connectivity index (χ0) is 48.0. The first-order valence-electron chi connectivity index (χ1n) is 24.9. The lowest BCUT2D eigenvalue weighted by Crippen LogP contribution is -2.24. The van der Waals surface area contributed by atoms with Gasteiger partial charge in [0.2, 0.25) is 0 Å². The van der Waals surface area contributed by atoms with Gasteiger partial charge in [-0.2, -0.15) is 0 Å². The Labute approximate surface area is 417 Å². The van der Waals surface area contributed by atoms with Crippen LogP contribution in [0.15, 0.2) is 237 Å². The van der Waals surface area contributed by atoms with Gasteiger partial charge in [0.1, 0.15) is 12.5 Å². The fourth-order valence-electron chi connectivity index (χ4n) is 10.9. The molecule has 0 unspecified atom stereocenters. The van der Waals surface area contributed by atoms with Crippen LogP contribution in [0.1, 0.15) is 50.7 Å². The van der Waals surface area contributed by atoms with Gasteiger partial charge in [0, 0.05) is 50.8 Å². The molecule has 1 aliphatic rings. The van der Waals surface area contributed by atoms with E-state index in [-0.39, 0.29) is 0 Å². The third kappa shape index (κ3) is 7.80. The van der Waals surface area contributed by atoms with E-state index in [9.17, 15) is 0 Å². The van der Waals surface area contributed by atoms with Gasteiger partial charge in [-0.1, -0.05) is 185 Å². The van der Waals surface area contributed by atoms with E-state index in [2.05, 4.69) is 277 Å². The summed E-state index contributed by atoms with van der Waals surface area (Å²) in [6.45, 7) is 9.86. The molecule has 1 aliphatic heterocycles. The van der Waals surface area contributed by atoms with Crippen molar-refractivity contribution in [3.63, 3.8) is 0 Å². The molecule has 2 aromatic heterocycles. The molecule has 0 N–H and O–H groups in total. The summed E-state index contributed by atoms with van der Waals surface area (Å²) in [6, 6.07) is 84.0. The van der Waals surface area contributed by atoms with E-state index < -0.39 is 0 Å². The number of hydrogen-bond donors (Lipinski definition) is 0. The van der Waals surface area contributed by atoms with Crippen LogP contribution in [0.25, 0.3) is 61.0 Å². The number of nitrogens with zero attached hydrogens (tertiary/aromatic N) is 5. The van der Waals surface area contributed by atoms with Crippen LogP contribution in [0.5, 0.6) is 0 Å². The molecule has 0 amide bonds. The van der Waals surface area contributed by atoms with Crippen molar-refractivity contribution < 1.29 is 0 Å². The van der Waals surface area contributed by atoms with Crippen molar-refractivity contribution in [3.05, 3.63) is 248 Å². The number of rotatable bonds is 11. The van der Waals surface area contributed by atoms with Crippen LogP contribution in [-0.4, -0.2) is 16.2 Å². The van der Waals surface area contributed by atoms with Gasteiger partial charge in [-0.15, -0.1) is 0 Å². The summed E-state index contributed by atoms with van der Waals surface area (Å²) in [5, 5.41) is 2.36. The smallest absolute Gasteiger partial charge is 0.138 e. The molecule has 0 saturated heterocycles. The molecule has 9 aromatic carbocycles. The first-order valence-corrected chi connectivity index (χ1v) is 24.9. The summed E-state index contributed by atoms with van der Waals surface area (Å²) in [5.74, 6) is 1.62. The van der Waals surface area contributed by atoms with E-state index in [4.69, 9.17) is 4.98 Å². The number of benzene rings is 9. The minimum Gasteiger partial charge on any atom is -0.321 e. The van der Waals surface area contributed by atoms with Gasteiger partial charge in [0.15, 0.2) is 0 Å². The maximum atomic E-state index is 5.20. The molecular formula is C66H55N5. The molecule has 344 valence electrons. The second-order valence-electron chi connectivity index (χ2n) is 19.2. The molecule has 5 nitrogen and oxygen atoms in total. The minimum absolute atomic E-state index is 0.364. The van der Waals surface area contributed by atoms with Gasteiger partial charge in [0.25, 0.3) is 0 Å². The third-order valence-electron chi connectivity index (χ3n) is 14.2. The number of pyridine rings is 1. The predicted octanol–water partition coefficient (Wildman–Crippen LogP) is 18.1. The minimum atomic E-state index is 0.364. The standard InChI is InChI=1S/C66H55N5/c1-45(2)54-30-19-31-55(46(3)4)65(54)49-39-40-67-64(41-49)71-60-34-15-14-29-58(60)59-38-37-53(43-63(59)71)70(66-56(47-21-8-5-9-22-47)32-20-33-57(66)48-23-10-6-11-24-48)52-28-18-27-51(42-52)69-44-68(50-25-12-7-13-26-50)61-35-16-17-36-62(61)69/h5-43,45-46H,44H2,1-4H3. The van der Waals surface area contributed by atoms with Crippen molar-refractivity contribution in [1.29, 1.82) is 0 Å². The highest BCUT2D eigenvalue weighted by Crippen LogP contribution is 2.50. The Morgan fingerprint density at radius 2 is 0.958 bits per heavy atom. The molecule has 11 aromatic rings. The number of aromatic nitrogens is 2. The lowest BCUT2D eigenvalue weighted by Gasteiger charge is -2.31. The molecule has 0 aliphatic carbocycles. The van der Waals surface area contributed by atoms with Crippen LogP contribution in [0.4, 0.5) is 39.8 Å². The summed E-state index contributed by atoms with van der Waals surface area (Å²) >= 11 is 0. The van der Waals surface area contributed by atoms with Gasteiger partial charge in [-0.25, -0.2) is 4.98 Å². The van der Waals surface area contributed by atoms with Gasteiger partial charge >= 0.3 is 0 Å². The van der Waals surface area contributed by atoms with Crippen LogP contribution in [0, 0.1) is 0 Å². The average molecular weight is 918 g/mol. The van der Waals surface area contributed by atoms with Crippen LogP contribution >= 0.6 is 0 Å². The second-order valence-corrected chi connectivity index (χ2v) is 19.2. The number of anilines is 7. The second kappa shape index (κ2) is 18.3. The Balaban J connectivity index is 1.10. The van der Waals surface area contributed by atoms with E-state index in [1.54, 1.807) is 0 Å². The van der Waals surface area contributed by atoms with Crippen molar-refractivity contribution in [1.82, 2.24) is 9.55 Å². The highest BCUT2D eigenvalue weighted by atomic mass is 15.4.